The van der Waals surface area contributed by atoms with Crippen LogP contribution >= 0.6 is 0 Å². The SMILES string of the molecule is O=C(Nc1ccncc1)Nc1ccc(-c2ccc(-c3ncc[nH]3)c3c2CNC3=O)c(F)c1. The standard InChI is InChI=1S/C23H17FN6O2/c24-19-11-14(30-23(32)29-13-5-7-25-8-6-13)1-2-16(19)15-3-4-17(21-26-9-10-27-21)20-18(15)12-28-22(20)31/h1-11H,12H2,(H,26,27)(H,28,31)(H2,25,29,30,32). The van der Waals surface area contributed by atoms with E-state index in [1.807, 2.05) is 0 Å². The lowest BCUT2D eigenvalue weighted by molar-refractivity contribution is 0.0966. The molecule has 1 aliphatic rings. The maximum absolute atomic E-state index is 15.0. The Bertz CT molecular complexity index is 1320. The van der Waals surface area contributed by atoms with Gasteiger partial charge in [0.1, 0.15) is 11.6 Å². The number of carbonyl (C=O) groups is 2. The van der Waals surface area contributed by atoms with E-state index in [1.165, 1.54) is 6.07 Å². The molecule has 1 aliphatic heterocycles. The van der Waals surface area contributed by atoms with E-state index in [0.29, 0.717) is 51.6 Å². The minimum absolute atomic E-state index is 0.222. The molecule has 0 saturated heterocycles. The van der Waals surface area contributed by atoms with Gasteiger partial charge in [0.25, 0.3) is 5.91 Å². The van der Waals surface area contributed by atoms with Crippen LogP contribution in [0.5, 0.6) is 0 Å². The molecule has 2 aromatic carbocycles. The van der Waals surface area contributed by atoms with Gasteiger partial charge in [-0.2, -0.15) is 0 Å². The number of hydrogen-bond acceptors (Lipinski definition) is 4. The summed E-state index contributed by atoms with van der Waals surface area (Å²) in [6, 6.07) is 10.8. The number of aromatic amines is 1. The molecule has 3 amide bonds. The average molecular weight is 428 g/mol. The van der Waals surface area contributed by atoms with Crippen LogP contribution in [0.4, 0.5) is 20.6 Å². The maximum Gasteiger partial charge on any atom is 0.323 e. The number of H-pyrrole nitrogens is 1. The summed E-state index contributed by atoms with van der Waals surface area (Å²) < 4.78 is 15.0. The number of anilines is 2. The lowest BCUT2D eigenvalue weighted by Crippen LogP contribution is -2.19. The third-order valence-electron chi connectivity index (χ3n) is 5.17. The van der Waals surface area contributed by atoms with E-state index < -0.39 is 11.8 Å². The zero-order chi connectivity index (χ0) is 22.1. The first-order valence-electron chi connectivity index (χ1n) is 9.82. The van der Waals surface area contributed by atoms with Gasteiger partial charge in [-0.1, -0.05) is 6.07 Å². The average Bonchev–Trinajstić information content (AvgIpc) is 3.45. The van der Waals surface area contributed by atoms with Crippen LogP contribution in [0.1, 0.15) is 15.9 Å². The number of aromatic nitrogens is 3. The Morgan fingerprint density at radius 3 is 2.44 bits per heavy atom. The minimum atomic E-state index is -0.515. The van der Waals surface area contributed by atoms with Crippen molar-refractivity contribution < 1.29 is 14.0 Å². The van der Waals surface area contributed by atoms with Crippen molar-refractivity contribution >= 4 is 23.3 Å². The highest BCUT2D eigenvalue weighted by Crippen LogP contribution is 2.36. The summed E-state index contributed by atoms with van der Waals surface area (Å²) in [5, 5.41) is 8.06. The van der Waals surface area contributed by atoms with Crippen LogP contribution in [-0.4, -0.2) is 26.9 Å². The maximum atomic E-state index is 15.0. The first kappa shape index (κ1) is 19.4. The van der Waals surface area contributed by atoms with E-state index in [2.05, 4.69) is 30.9 Å². The van der Waals surface area contributed by atoms with Gasteiger partial charge in [-0.3, -0.25) is 9.78 Å². The molecule has 8 nitrogen and oxygen atoms in total. The summed E-state index contributed by atoms with van der Waals surface area (Å²) in [5.41, 5.74) is 3.67. The van der Waals surface area contributed by atoms with Crippen LogP contribution in [0.3, 0.4) is 0 Å². The number of imidazole rings is 1. The molecule has 0 spiro atoms. The molecule has 3 heterocycles. The predicted octanol–water partition coefficient (Wildman–Crippen LogP) is 4.17. The van der Waals surface area contributed by atoms with Gasteiger partial charge in [0.05, 0.1) is 5.56 Å². The molecule has 9 heteroatoms. The van der Waals surface area contributed by atoms with Crippen LogP contribution < -0.4 is 16.0 Å². The Morgan fingerprint density at radius 1 is 0.938 bits per heavy atom. The van der Waals surface area contributed by atoms with Gasteiger partial charge in [-0.15, -0.1) is 0 Å². The summed E-state index contributed by atoms with van der Waals surface area (Å²) in [6.45, 7) is 0.297. The number of benzene rings is 2. The number of rotatable bonds is 4. The summed E-state index contributed by atoms with van der Waals surface area (Å²) >= 11 is 0. The van der Waals surface area contributed by atoms with Crippen molar-refractivity contribution in [2.75, 3.05) is 10.6 Å². The molecular formula is C23H17FN6O2. The van der Waals surface area contributed by atoms with E-state index in [9.17, 15) is 9.59 Å². The molecule has 0 radical (unpaired) electrons. The fraction of sp³-hybridized carbons (Fsp3) is 0.0435. The molecule has 0 atom stereocenters. The number of halogens is 1. The van der Waals surface area contributed by atoms with Crippen molar-refractivity contribution in [2.24, 2.45) is 0 Å². The summed E-state index contributed by atoms with van der Waals surface area (Å²) in [7, 11) is 0. The lowest BCUT2D eigenvalue weighted by Gasteiger charge is -2.13. The molecule has 32 heavy (non-hydrogen) atoms. The molecule has 4 aromatic rings. The van der Waals surface area contributed by atoms with E-state index in [1.54, 1.807) is 61.2 Å². The second kappa shape index (κ2) is 7.95. The molecule has 0 unspecified atom stereocenters. The fourth-order valence-electron chi connectivity index (χ4n) is 3.75. The first-order chi connectivity index (χ1) is 15.6. The minimum Gasteiger partial charge on any atom is -0.348 e. The topological polar surface area (TPSA) is 112 Å². The van der Waals surface area contributed by atoms with Crippen LogP contribution in [0.15, 0.2) is 67.3 Å². The van der Waals surface area contributed by atoms with Crippen LogP contribution in [0.2, 0.25) is 0 Å². The number of nitrogens with zero attached hydrogens (tertiary/aromatic N) is 2. The molecule has 2 aromatic heterocycles. The monoisotopic (exact) mass is 428 g/mol. The van der Waals surface area contributed by atoms with E-state index in [4.69, 9.17) is 0 Å². The van der Waals surface area contributed by atoms with Gasteiger partial charge in [0.15, 0.2) is 0 Å². The van der Waals surface area contributed by atoms with Gasteiger partial charge >= 0.3 is 6.03 Å². The third-order valence-corrected chi connectivity index (χ3v) is 5.17. The Labute approximate surface area is 181 Å². The van der Waals surface area contributed by atoms with Gasteiger partial charge in [-0.05, 0) is 47.5 Å². The van der Waals surface area contributed by atoms with Crippen LogP contribution in [0.25, 0.3) is 22.5 Å². The molecule has 0 aliphatic carbocycles. The van der Waals surface area contributed by atoms with Crippen molar-refractivity contribution in [1.82, 2.24) is 20.3 Å². The number of hydrogen-bond donors (Lipinski definition) is 4. The fourth-order valence-corrected chi connectivity index (χ4v) is 3.75. The smallest absolute Gasteiger partial charge is 0.323 e. The lowest BCUT2D eigenvalue weighted by atomic mass is 9.92. The quantitative estimate of drug-likeness (QED) is 0.391. The Balaban J connectivity index is 1.44. The number of carbonyl (C=O) groups excluding carboxylic acids is 2. The highest BCUT2D eigenvalue weighted by Gasteiger charge is 2.28. The molecule has 0 saturated carbocycles. The summed E-state index contributed by atoms with van der Waals surface area (Å²) in [4.78, 5) is 35.8. The summed E-state index contributed by atoms with van der Waals surface area (Å²) in [5.74, 6) is -0.163. The second-order valence-corrected chi connectivity index (χ2v) is 7.14. The zero-order valence-corrected chi connectivity index (χ0v) is 16.6. The highest BCUT2D eigenvalue weighted by atomic mass is 19.1. The Morgan fingerprint density at radius 2 is 1.69 bits per heavy atom. The zero-order valence-electron chi connectivity index (χ0n) is 16.6. The van der Waals surface area contributed by atoms with Crippen molar-refractivity contribution in [3.8, 4) is 22.5 Å². The Kier molecular flexibility index (Phi) is 4.83. The number of amides is 3. The molecule has 0 bridgehead atoms. The Hall–Kier alpha value is -4.53. The van der Waals surface area contributed by atoms with Gasteiger partial charge in [0.2, 0.25) is 0 Å². The van der Waals surface area contributed by atoms with Crippen LogP contribution in [0, 0.1) is 5.82 Å². The van der Waals surface area contributed by atoms with Gasteiger partial charge < -0.3 is 20.9 Å². The van der Waals surface area contributed by atoms with E-state index in [0.717, 1.165) is 0 Å². The first-order valence-corrected chi connectivity index (χ1v) is 9.82. The highest BCUT2D eigenvalue weighted by molar-refractivity contribution is 6.06. The number of pyridine rings is 1. The largest absolute Gasteiger partial charge is 0.348 e. The molecule has 5 rings (SSSR count). The normalized spacial score (nSPS) is 12.2. The van der Waals surface area contributed by atoms with E-state index >= 15 is 4.39 Å². The van der Waals surface area contributed by atoms with Gasteiger partial charge in [0, 0.05) is 53.8 Å². The predicted molar refractivity (Wildman–Crippen MR) is 117 cm³/mol. The second-order valence-electron chi connectivity index (χ2n) is 7.14. The molecule has 4 N–H and O–H groups in total. The number of nitrogens with one attached hydrogen (secondary N) is 4. The summed E-state index contributed by atoms with van der Waals surface area (Å²) in [6.07, 6.45) is 6.40. The van der Waals surface area contributed by atoms with Crippen molar-refractivity contribution in [3.05, 3.63) is 84.2 Å². The van der Waals surface area contributed by atoms with Gasteiger partial charge in [-0.25, -0.2) is 14.2 Å². The molecule has 0 fully saturated rings. The third kappa shape index (κ3) is 3.56. The van der Waals surface area contributed by atoms with Crippen LogP contribution in [-0.2, 0) is 6.54 Å². The van der Waals surface area contributed by atoms with E-state index in [-0.39, 0.29) is 5.91 Å². The van der Waals surface area contributed by atoms with Crippen molar-refractivity contribution in [3.63, 3.8) is 0 Å². The van der Waals surface area contributed by atoms with Crippen molar-refractivity contribution in [2.45, 2.75) is 6.54 Å². The molecule has 158 valence electrons. The van der Waals surface area contributed by atoms with Crippen molar-refractivity contribution in [1.29, 1.82) is 0 Å². The molecular weight excluding hydrogens is 411 g/mol. The number of urea groups is 1. The number of fused-ring (bicyclic) bond motifs is 1.